The first-order chi connectivity index (χ1) is 12.5. The van der Waals surface area contributed by atoms with Crippen LogP contribution in [0.1, 0.15) is 37.2 Å². The second-order valence-electron chi connectivity index (χ2n) is 6.29. The Morgan fingerprint density at radius 1 is 1.35 bits per heavy atom. The first kappa shape index (κ1) is 18.3. The van der Waals surface area contributed by atoms with E-state index < -0.39 is 0 Å². The molecule has 1 aliphatic heterocycles. The van der Waals surface area contributed by atoms with Crippen molar-refractivity contribution in [3.8, 4) is 0 Å². The lowest BCUT2D eigenvalue weighted by Crippen LogP contribution is -2.50. The minimum Gasteiger partial charge on any atom is -0.367 e. The van der Waals surface area contributed by atoms with E-state index in [2.05, 4.69) is 25.3 Å². The summed E-state index contributed by atoms with van der Waals surface area (Å²) in [5.74, 6) is 1.60. The molecule has 0 aliphatic carbocycles. The van der Waals surface area contributed by atoms with Crippen molar-refractivity contribution in [2.75, 3.05) is 19.6 Å². The van der Waals surface area contributed by atoms with Crippen LogP contribution in [0.2, 0.25) is 0 Å². The van der Waals surface area contributed by atoms with E-state index in [9.17, 15) is 4.39 Å². The Kier molecular flexibility index (Phi) is 5.82. The summed E-state index contributed by atoms with van der Waals surface area (Å²) in [5.41, 5.74) is 0.951. The molecule has 1 aliphatic rings. The summed E-state index contributed by atoms with van der Waals surface area (Å²) in [7, 11) is 0. The third kappa shape index (κ3) is 4.57. The molecule has 2 unspecified atom stereocenters. The summed E-state index contributed by atoms with van der Waals surface area (Å²) in [6, 6.07) is 6.45. The van der Waals surface area contributed by atoms with Crippen LogP contribution in [-0.4, -0.2) is 46.7 Å². The summed E-state index contributed by atoms with van der Waals surface area (Å²) in [4.78, 5) is 11.0. The number of ether oxygens (including phenoxy) is 1. The van der Waals surface area contributed by atoms with Gasteiger partial charge >= 0.3 is 0 Å². The fourth-order valence-electron chi connectivity index (χ4n) is 2.96. The molecule has 0 spiro atoms. The van der Waals surface area contributed by atoms with Crippen molar-refractivity contribution in [1.29, 1.82) is 0 Å². The molecule has 7 nitrogen and oxygen atoms in total. The number of hydrogen-bond acceptors (Lipinski definition) is 5. The Hall–Kier alpha value is -2.48. The van der Waals surface area contributed by atoms with E-state index in [-0.39, 0.29) is 18.0 Å². The van der Waals surface area contributed by atoms with Gasteiger partial charge in [-0.25, -0.2) is 9.38 Å². The van der Waals surface area contributed by atoms with E-state index in [0.29, 0.717) is 24.8 Å². The lowest BCUT2D eigenvalue weighted by atomic mass is 10.1. The highest BCUT2D eigenvalue weighted by atomic mass is 19.1. The van der Waals surface area contributed by atoms with Crippen molar-refractivity contribution in [1.82, 2.24) is 20.4 Å². The van der Waals surface area contributed by atoms with Crippen molar-refractivity contribution in [3.05, 3.63) is 47.4 Å². The van der Waals surface area contributed by atoms with Gasteiger partial charge in [-0.1, -0.05) is 17.3 Å². The first-order valence-electron chi connectivity index (χ1n) is 8.78. The van der Waals surface area contributed by atoms with Crippen molar-refractivity contribution < 1.29 is 13.7 Å². The second-order valence-corrected chi connectivity index (χ2v) is 6.29. The summed E-state index contributed by atoms with van der Waals surface area (Å²) in [5, 5.41) is 7.18. The van der Waals surface area contributed by atoms with Gasteiger partial charge in [0.25, 0.3) is 0 Å². The first-order valence-corrected chi connectivity index (χ1v) is 8.78. The minimum absolute atomic E-state index is 0.0232. The zero-order valence-electron chi connectivity index (χ0n) is 15.3. The number of rotatable bonds is 4. The van der Waals surface area contributed by atoms with E-state index in [1.54, 1.807) is 19.1 Å². The van der Waals surface area contributed by atoms with Gasteiger partial charge in [-0.2, -0.15) is 4.98 Å². The Bertz CT molecular complexity index is 746. The summed E-state index contributed by atoms with van der Waals surface area (Å²) in [6.45, 7) is 8.23. The fourth-order valence-corrected chi connectivity index (χ4v) is 2.96. The minimum atomic E-state index is -0.250. The number of guanidine groups is 1. The molecule has 1 saturated heterocycles. The molecular formula is C18H24FN5O2. The molecule has 1 fully saturated rings. The zero-order chi connectivity index (χ0) is 18.5. The average Bonchev–Trinajstić information content (AvgIpc) is 3.04. The molecule has 2 heterocycles. The number of morpholine rings is 1. The van der Waals surface area contributed by atoms with Crippen molar-refractivity contribution in [2.24, 2.45) is 4.99 Å². The maximum atomic E-state index is 13.2. The van der Waals surface area contributed by atoms with Gasteiger partial charge in [0.05, 0.1) is 12.6 Å². The topological polar surface area (TPSA) is 75.8 Å². The molecular weight excluding hydrogens is 337 g/mol. The molecule has 0 amide bonds. The van der Waals surface area contributed by atoms with Crippen molar-refractivity contribution >= 4 is 5.96 Å². The quantitative estimate of drug-likeness (QED) is 0.666. The number of nitrogens with one attached hydrogen (secondary N) is 1. The van der Waals surface area contributed by atoms with Crippen LogP contribution in [-0.2, 0) is 11.3 Å². The second kappa shape index (κ2) is 8.27. The number of aryl methyl sites for hydroxylation is 1. The molecule has 0 saturated carbocycles. The van der Waals surface area contributed by atoms with Gasteiger partial charge in [0.2, 0.25) is 5.89 Å². The number of nitrogens with zero attached hydrogens (tertiary/aromatic N) is 4. The highest BCUT2D eigenvalue weighted by Crippen LogP contribution is 2.25. The Morgan fingerprint density at radius 2 is 2.12 bits per heavy atom. The van der Waals surface area contributed by atoms with Crippen LogP contribution in [0.15, 0.2) is 33.8 Å². The maximum absolute atomic E-state index is 13.2. The Labute approximate surface area is 152 Å². The van der Waals surface area contributed by atoms with Crippen LogP contribution in [0.25, 0.3) is 0 Å². The van der Waals surface area contributed by atoms with Crippen molar-refractivity contribution in [3.63, 3.8) is 0 Å². The Morgan fingerprint density at radius 3 is 2.77 bits per heavy atom. The van der Waals surface area contributed by atoms with Crippen LogP contribution in [0.5, 0.6) is 0 Å². The largest absolute Gasteiger partial charge is 0.367 e. The predicted molar refractivity (Wildman–Crippen MR) is 95.1 cm³/mol. The maximum Gasteiger partial charge on any atom is 0.223 e. The molecule has 8 heteroatoms. The highest BCUT2D eigenvalue weighted by molar-refractivity contribution is 5.80. The van der Waals surface area contributed by atoms with Crippen LogP contribution in [0.3, 0.4) is 0 Å². The van der Waals surface area contributed by atoms with E-state index >= 15 is 0 Å². The molecule has 1 aromatic heterocycles. The van der Waals surface area contributed by atoms with Crippen LogP contribution in [0.4, 0.5) is 4.39 Å². The van der Waals surface area contributed by atoms with Crippen LogP contribution >= 0.6 is 0 Å². The number of aromatic nitrogens is 2. The number of hydrogen-bond donors (Lipinski definition) is 1. The lowest BCUT2D eigenvalue weighted by Gasteiger charge is -2.38. The predicted octanol–water partition coefficient (Wildman–Crippen LogP) is 2.44. The standard InChI is InChI=1S/C18H24FN5O2/c1-4-20-18(21-9-17-22-13(3)26-23-17)24-10-12(2)25-16(11-24)14-5-7-15(19)8-6-14/h5-8,12,16H,4,9-11H2,1-3H3,(H,20,21). The van der Waals surface area contributed by atoms with Gasteiger partial charge < -0.3 is 19.5 Å². The molecule has 0 radical (unpaired) electrons. The molecule has 2 aromatic rings. The molecule has 3 rings (SSSR count). The van der Waals surface area contributed by atoms with Gasteiger partial charge in [0.1, 0.15) is 18.5 Å². The average molecular weight is 361 g/mol. The Balaban J connectivity index is 1.75. The summed E-state index contributed by atoms with van der Waals surface area (Å²) < 4.78 is 24.2. The number of halogens is 1. The smallest absolute Gasteiger partial charge is 0.223 e. The fraction of sp³-hybridized carbons (Fsp3) is 0.500. The SMILES string of the molecule is CCNC(=NCc1noc(C)n1)N1CC(C)OC(c2ccc(F)cc2)C1. The molecule has 2 atom stereocenters. The monoisotopic (exact) mass is 361 g/mol. The van der Waals surface area contributed by atoms with Gasteiger partial charge in [0.15, 0.2) is 11.8 Å². The van der Waals surface area contributed by atoms with E-state index in [0.717, 1.165) is 24.6 Å². The molecule has 0 bridgehead atoms. The third-order valence-corrected chi connectivity index (χ3v) is 4.08. The molecule has 1 N–H and O–H groups in total. The van der Waals surface area contributed by atoms with Gasteiger partial charge in [-0.05, 0) is 31.5 Å². The van der Waals surface area contributed by atoms with Crippen molar-refractivity contribution in [2.45, 2.75) is 39.5 Å². The third-order valence-electron chi connectivity index (χ3n) is 4.08. The molecule has 140 valence electrons. The van der Waals surface area contributed by atoms with Gasteiger partial charge in [0, 0.05) is 20.0 Å². The zero-order valence-corrected chi connectivity index (χ0v) is 15.3. The number of aliphatic imine (C=N–C) groups is 1. The van der Waals surface area contributed by atoms with Crippen LogP contribution < -0.4 is 5.32 Å². The highest BCUT2D eigenvalue weighted by Gasteiger charge is 2.28. The van der Waals surface area contributed by atoms with Crippen LogP contribution in [0, 0.1) is 12.7 Å². The molecule has 1 aromatic carbocycles. The number of benzene rings is 1. The summed E-state index contributed by atoms with van der Waals surface area (Å²) in [6.07, 6.45) is -0.120. The lowest BCUT2D eigenvalue weighted by molar-refractivity contribution is -0.0605. The van der Waals surface area contributed by atoms with E-state index in [4.69, 9.17) is 9.26 Å². The van der Waals surface area contributed by atoms with E-state index in [1.165, 1.54) is 12.1 Å². The normalized spacial score (nSPS) is 21.1. The van der Waals surface area contributed by atoms with Gasteiger partial charge in [-0.3, -0.25) is 0 Å². The molecule has 26 heavy (non-hydrogen) atoms. The summed E-state index contributed by atoms with van der Waals surface area (Å²) >= 11 is 0. The van der Waals surface area contributed by atoms with E-state index in [1.807, 2.05) is 13.8 Å². The van der Waals surface area contributed by atoms with Gasteiger partial charge in [-0.15, -0.1) is 0 Å².